The number of nitro groups is 1. The van der Waals surface area contributed by atoms with Crippen LogP contribution in [0.1, 0.15) is 41.4 Å². The molecule has 0 radical (unpaired) electrons. The van der Waals surface area contributed by atoms with Crippen LogP contribution in [-0.4, -0.2) is 17.4 Å². The van der Waals surface area contributed by atoms with E-state index in [0.29, 0.717) is 12.2 Å². The lowest BCUT2D eigenvalue weighted by atomic mass is 10.1. The summed E-state index contributed by atoms with van der Waals surface area (Å²) < 4.78 is 5.21. The van der Waals surface area contributed by atoms with E-state index in [9.17, 15) is 14.9 Å². The number of amides is 1. The van der Waals surface area contributed by atoms with Crippen LogP contribution in [0.15, 0.2) is 42.5 Å². The van der Waals surface area contributed by atoms with Crippen molar-refractivity contribution in [1.82, 2.24) is 5.32 Å². The van der Waals surface area contributed by atoms with E-state index in [-0.39, 0.29) is 23.0 Å². The molecule has 2 aromatic rings. The van der Waals surface area contributed by atoms with Crippen molar-refractivity contribution in [2.24, 2.45) is 0 Å². The minimum atomic E-state index is -0.578. The van der Waals surface area contributed by atoms with Crippen LogP contribution in [0, 0.1) is 21.4 Å². The Morgan fingerprint density at radius 3 is 2.56 bits per heavy atom. The van der Waals surface area contributed by atoms with Crippen molar-refractivity contribution in [2.75, 3.05) is 6.61 Å². The summed E-state index contributed by atoms with van der Waals surface area (Å²) in [5.74, 6) is -0.299. The van der Waals surface area contributed by atoms with Crippen molar-refractivity contribution < 1.29 is 14.5 Å². The monoisotopic (exact) mass is 339 g/mol. The van der Waals surface area contributed by atoms with Crippen LogP contribution < -0.4 is 10.1 Å². The highest BCUT2D eigenvalue weighted by molar-refractivity contribution is 5.95. The zero-order chi connectivity index (χ0) is 18.4. The Hall–Kier alpha value is -3.40. The lowest BCUT2D eigenvalue weighted by molar-refractivity contribution is -0.385. The van der Waals surface area contributed by atoms with E-state index < -0.39 is 10.8 Å². The van der Waals surface area contributed by atoms with Crippen LogP contribution >= 0.6 is 0 Å². The molecule has 7 nitrogen and oxygen atoms in total. The number of nitrogens with one attached hydrogen (secondary N) is 1. The van der Waals surface area contributed by atoms with Gasteiger partial charge in [-0.2, -0.15) is 5.26 Å². The fourth-order valence-corrected chi connectivity index (χ4v) is 2.29. The van der Waals surface area contributed by atoms with Crippen LogP contribution in [0.25, 0.3) is 0 Å². The molecular formula is C18H17N3O4. The molecule has 0 aliphatic rings. The highest BCUT2D eigenvalue weighted by atomic mass is 16.6. The van der Waals surface area contributed by atoms with Crippen LogP contribution in [0.5, 0.6) is 5.75 Å². The third kappa shape index (κ3) is 4.32. The van der Waals surface area contributed by atoms with E-state index >= 15 is 0 Å². The fraction of sp³-hybridized carbons (Fsp3) is 0.222. The largest absolute Gasteiger partial charge is 0.487 e. The van der Waals surface area contributed by atoms with E-state index in [2.05, 4.69) is 5.32 Å². The Morgan fingerprint density at radius 1 is 1.32 bits per heavy atom. The molecule has 1 amide bonds. The maximum absolute atomic E-state index is 12.4. The zero-order valence-electron chi connectivity index (χ0n) is 13.9. The topological polar surface area (TPSA) is 105 Å². The number of benzene rings is 2. The highest BCUT2D eigenvalue weighted by Gasteiger charge is 2.19. The molecule has 2 aromatic carbocycles. The van der Waals surface area contributed by atoms with Crippen molar-refractivity contribution in [3.63, 3.8) is 0 Å². The summed E-state index contributed by atoms with van der Waals surface area (Å²) in [6.07, 6.45) is 0. The first-order valence-corrected chi connectivity index (χ1v) is 7.68. The number of carbonyl (C=O) groups excluding carboxylic acids is 1. The second-order valence-electron chi connectivity index (χ2n) is 5.30. The maximum Gasteiger partial charge on any atom is 0.311 e. The first kappa shape index (κ1) is 17.9. The van der Waals surface area contributed by atoms with Gasteiger partial charge >= 0.3 is 5.69 Å². The Bertz CT molecular complexity index is 825. The van der Waals surface area contributed by atoms with Crippen LogP contribution in [-0.2, 0) is 0 Å². The Labute approximate surface area is 145 Å². The number of carbonyl (C=O) groups is 1. The van der Waals surface area contributed by atoms with Gasteiger partial charge in [-0.25, -0.2) is 0 Å². The first-order valence-electron chi connectivity index (χ1n) is 7.68. The molecule has 0 fully saturated rings. The third-order valence-corrected chi connectivity index (χ3v) is 3.61. The second kappa shape index (κ2) is 7.93. The van der Waals surface area contributed by atoms with Gasteiger partial charge in [-0.05, 0) is 43.7 Å². The summed E-state index contributed by atoms with van der Waals surface area (Å²) in [6.45, 7) is 3.81. The Morgan fingerprint density at radius 2 is 2.00 bits per heavy atom. The molecule has 0 aromatic heterocycles. The maximum atomic E-state index is 12.4. The van der Waals surface area contributed by atoms with Gasteiger partial charge < -0.3 is 10.1 Å². The molecule has 0 aliphatic carbocycles. The summed E-state index contributed by atoms with van der Waals surface area (Å²) in [6, 6.07) is 12.7. The Kier molecular flexibility index (Phi) is 5.69. The molecular weight excluding hydrogens is 322 g/mol. The lowest BCUT2D eigenvalue weighted by Gasteiger charge is -2.15. The molecule has 1 N–H and O–H groups in total. The second-order valence-corrected chi connectivity index (χ2v) is 5.30. The van der Waals surface area contributed by atoms with Gasteiger partial charge in [0.15, 0.2) is 5.75 Å². The number of rotatable bonds is 6. The molecule has 1 atom stereocenters. The number of nitriles is 1. The molecule has 7 heteroatoms. The van der Waals surface area contributed by atoms with Crippen molar-refractivity contribution in [3.8, 4) is 11.8 Å². The number of ether oxygens (including phenoxy) is 1. The van der Waals surface area contributed by atoms with Gasteiger partial charge in [0.1, 0.15) is 0 Å². The average molecular weight is 339 g/mol. The molecule has 128 valence electrons. The summed E-state index contributed by atoms with van der Waals surface area (Å²) in [5.41, 5.74) is 1.29. The van der Waals surface area contributed by atoms with E-state index in [1.807, 2.05) is 6.07 Å². The van der Waals surface area contributed by atoms with Crippen LogP contribution in [0.3, 0.4) is 0 Å². The molecule has 0 bridgehead atoms. The van der Waals surface area contributed by atoms with Gasteiger partial charge in [0.05, 0.1) is 29.2 Å². The molecule has 0 spiro atoms. The molecule has 2 rings (SSSR count). The summed E-state index contributed by atoms with van der Waals surface area (Å²) in [7, 11) is 0. The molecule has 25 heavy (non-hydrogen) atoms. The van der Waals surface area contributed by atoms with Gasteiger partial charge in [0.25, 0.3) is 5.91 Å². The lowest BCUT2D eigenvalue weighted by Crippen LogP contribution is -2.26. The summed E-state index contributed by atoms with van der Waals surface area (Å²) in [5, 5.41) is 22.7. The average Bonchev–Trinajstić information content (AvgIpc) is 2.62. The minimum absolute atomic E-state index is 0.129. The van der Waals surface area contributed by atoms with E-state index in [0.717, 1.165) is 5.56 Å². The third-order valence-electron chi connectivity index (χ3n) is 3.61. The predicted octanol–water partition coefficient (Wildman–Crippen LogP) is 3.36. The van der Waals surface area contributed by atoms with Gasteiger partial charge in [-0.15, -0.1) is 0 Å². The quantitative estimate of drug-likeness (QED) is 0.642. The molecule has 0 heterocycles. The number of hydrogen-bond acceptors (Lipinski definition) is 5. The minimum Gasteiger partial charge on any atom is -0.487 e. The molecule has 0 saturated carbocycles. The van der Waals surface area contributed by atoms with Crippen molar-refractivity contribution >= 4 is 11.6 Å². The van der Waals surface area contributed by atoms with Gasteiger partial charge in [-0.1, -0.05) is 12.1 Å². The summed E-state index contributed by atoms with van der Waals surface area (Å²) in [4.78, 5) is 22.9. The SMILES string of the molecule is CCOc1ccc(C(=O)NC(C)c2ccc(C#N)cc2)cc1[N+](=O)[O-]. The van der Waals surface area contributed by atoms with Crippen molar-refractivity contribution in [3.05, 3.63) is 69.3 Å². The normalized spacial score (nSPS) is 11.2. The van der Waals surface area contributed by atoms with Crippen LogP contribution in [0.4, 0.5) is 5.69 Å². The number of nitro benzene ring substituents is 1. The van der Waals surface area contributed by atoms with Crippen molar-refractivity contribution in [1.29, 1.82) is 5.26 Å². The number of nitrogens with zero attached hydrogens (tertiary/aromatic N) is 2. The van der Waals surface area contributed by atoms with Gasteiger partial charge in [0, 0.05) is 11.6 Å². The molecule has 0 aliphatic heterocycles. The fourth-order valence-electron chi connectivity index (χ4n) is 2.29. The first-order chi connectivity index (χ1) is 12.0. The zero-order valence-corrected chi connectivity index (χ0v) is 13.9. The summed E-state index contributed by atoms with van der Waals surface area (Å²) >= 11 is 0. The van der Waals surface area contributed by atoms with Gasteiger partial charge in [-0.3, -0.25) is 14.9 Å². The Balaban J connectivity index is 2.18. The smallest absolute Gasteiger partial charge is 0.311 e. The number of hydrogen-bond donors (Lipinski definition) is 1. The van der Waals surface area contributed by atoms with E-state index in [1.165, 1.54) is 18.2 Å². The van der Waals surface area contributed by atoms with Crippen molar-refractivity contribution in [2.45, 2.75) is 19.9 Å². The van der Waals surface area contributed by atoms with E-state index in [4.69, 9.17) is 10.00 Å². The molecule has 1 unspecified atom stereocenters. The van der Waals surface area contributed by atoms with Gasteiger partial charge in [0.2, 0.25) is 0 Å². The highest BCUT2D eigenvalue weighted by Crippen LogP contribution is 2.28. The molecule has 0 saturated heterocycles. The predicted molar refractivity (Wildman–Crippen MR) is 91.3 cm³/mol. The standard InChI is InChI=1S/C18H17N3O4/c1-3-25-17-9-8-15(10-16(17)21(23)24)18(22)20-12(2)14-6-4-13(11-19)5-7-14/h4-10,12H,3H2,1-2H3,(H,20,22). The van der Waals surface area contributed by atoms with E-state index in [1.54, 1.807) is 38.1 Å². The van der Waals surface area contributed by atoms with Crippen LogP contribution in [0.2, 0.25) is 0 Å².